The van der Waals surface area contributed by atoms with E-state index in [1.54, 1.807) is 12.1 Å². The number of benzene rings is 1. The van der Waals surface area contributed by atoms with Crippen LogP contribution < -0.4 is 11.1 Å². The molecule has 148 valence electrons. The monoisotopic (exact) mass is 462 g/mol. The molecule has 0 spiro atoms. The molecule has 3 aromatic heterocycles. The van der Waals surface area contributed by atoms with Crippen LogP contribution in [0, 0.1) is 0 Å². The van der Waals surface area contributed by atoms with Gasteiger partial charge in [0.2, 0.25) is 0 Å². The Kier molecular flexibility index (Phi) is 5.74. The van der Waals surface area contributed by atoms with E-state index >= 15 is 0 Å². The molecule has 1 amide bonds. The van der Waals surface area contributed by atoms with Gasteiger partial charge in [0.1, 0.15) is 9.71 Å². The number of carbonyl (C=O) groups excluding carboxylic acids is 1. The zero-order valence-electron chi connectivity index (χ0n) is 15.3. The van der Waals surface area contributed by atoms with Gasteiger partial charge in [-0.2, -0.15) is 0 Å². The highest BCUT2D eigenvalue weighted by Gasteiger charge is 2.19. The Morgan fingerprint density at radius 2 is 2.00 bits per heavy atom. The number of nitrogens with two attached hydrogens (primary N) is 1. The van der Waals surface area contributed by atoms with E-state index in [1.165, 1.54) is 22.7 Å². The summed E-state index contributed by atoms with van der Waals surface area (Å²) in [5.41, 5.74) is 9.19. The number of carbonyl (C=O) groups is 1. The first-order valence-electron chi connectivity index (χ1n) is 8.86. The van der Waals surface area contributed by atoms with Crippen molar-refractivity contribution in [1.29, 1.82) is 0 Å². The van der Waals surface area contributed by atoms with Crippen LogP contribution in [0.3, 0.4) is 0 Å². The van der Waals surface area contributed by atoms with Crippen LogP contribution in [0.5, 0.6) is 0 Å². The third-order valence-electron chi connectivity index (χ3n) is 4.30. The quantitative estimate of drug-likeness (QED) is 0.353. The zero-order chi connectivity index (χ0) is 20.5. The second-order valence-corrected chi connectivity index (χ2v) is 9.04. The molecule has 0 fully saturated rings. The standard InChI is InChI=1S/C20H16Cl2N4OS2/c1-2-3-11-5-6-12-16(23)17(29-19(12)24-11)18(27)26-20-25-15(9-28-20)10-4-7-13(21)14(22)8-10/h4-9H,2-3,23H2,1H3,(H,25,26,27). The number of pyridine rings is 1. The number of thiazole rings is 1. The van der Waals surface area contributed by atoms with Crippen molar-refractivity contribution in [1.82, 2.24) is 9.97 Å². The van der Waals surface area contributed by atoms with Gasteiger partial charge in [-0.05, 0) is 30.7 Å². The van der Waals surface area contributed by atoms with Crippen LogP contribution in [-0.4, -0.2) is 15.9 Å². The Labute approximate surface area is 185 Å². The lowest BCUT2D eigenvalue weighted by Crippen LogP contribution is -2.11. The molecular weight excluding hydrogens is 447 g/mol. The van der Waals surface area contributed by atoms with E-state index in [0.717, 1.165) is 34.3 Å². The first-order valence-corrected chi connectivity index (χ1v) is 11.3. The maximum atomic E-state index is 12.8. The number of amides is 1. The summed E-state index contributed by atoms with van der Waals surface area (Å²) in [6.45, 7) is 2.10. The summed E-state index contributed by atoms with van der Waals surface area (Å²) in [7, 11) is 0. The van der Waals surface area contributed by atoms with Gasteiger partial charge in [0, 0.05) is 22.0 Å². The molecule has 0 saturated carbocycles. The number of hydrogen-bond donors (Lipinski definition) is 2. The molecule has 1 aromatic carbocycles. The summed E-state index contributed by atoms with van der Waals surface area (Å²) in [6.07, 6.45) is 1.91. The van der Waals surface area contributed by atoms with Crippen LogP contribution in [0.25, 0.3) is 21.5 Å². The summed E-state index contributed by atoms with van der Waals surface area (Å²) in [5, 5.41) is 6.89. The number of nitrogens with one attached hydrogen (secondary N) is 1. The zero-order valence-corrected chi connectivity index (χ0v) is 18.5. The number of aryl methyl sites for hydroxylation is 1. The van der Waals surface area contributed by atoms with E-state index in [1.807, 2.05) is 23.6 Å². The summed E-state index contributed by atoms with van der Waals surface area (Å²) in [4.78, 5) is 23.1. The van der Waals surface area contributed by atoms with Crippen molar-refractivity contribution in [2.24, 2.45) is 0 Å². The number of thiophene rings is 1. The van der Waals surface area contributed by atoms with Crippen LogP contribution in [0.15, 0.2) is 35.7 Å². The minimum atomic E-state index is -0.294. The van der Waals surface area contributed by atoms with E-state index in [0.29, 0.717) is 31.4 Å². The second kappa shape index (κ2) is 8.28. The molecule has 0 atom stereocenters. The Balaban J connectivity index is 1.57. The van der Waals surface area contributed by atoms with Crippen LogP contribution in [0.4, 0.5) is 10.8 Å². The van der Waals surface area contributed by atoms with Crippen molar-refractivity contribution in [3.8, 4) is 11.3 Å². The molecule has 5 nitrogen and oxygen atoms in total. The van der Waals surface area contributed by atoms with Crippen molar-refractivity contribution in [2.45, 2.75) is 19.8 Å². The lowest BCUT2D eigenvalue weighted by Gasteiger charge is -2.01. The molecule has 0 unspecified atom stereocenters. The van der Waals surface area contributed by atoms with Crippen molar-refractivity contribution >= 4 is 72.8 Å². The van der Waals surface area contributed by atoms with E-state index < -0.39 is 0 Å². The molecule has 0 radical (unpaired) electrons. The summed E-state index contributed by atoms with van der Waals surface area (Å²) in [5.74, 6) is -0.294. The number of hydrogen-bond acceptors (Lipinski definition) is 6. The fraction of sp³-hybridized carbons (Fsp3) is 0.150. The van der Waals surface area contributed by atoms with Crippen LogP contribution >= 0.6 is 45.9 Å². The fourth-order valence-electron chi connectivity index (χ4n) is 2.87. The number of anilines is 2. The number of nitrogen functional groups attached to an aromatic ring is 1. The van der Waals surface area contributed by atoms with Gasteiger partial charge in [0.25, 0.3) is 5.91 Å². The molecule has 9 heteroatoms. The van der Waals surface area contributed by atoms with E-state index in [9.17, 15) is 4.79 Å². The molecule has 0 bridgehead atoms. The fourth-order valence-corrected chi connectivity index (χ4v) is 4.89. The van der Waals surface area contributed by atoms with Crippen LogP contribution in [0.2, 0.25) is 10.0 Å². The van der Waals surface area contributed by atoms with Gasteiger partial charge in [-0.1, -0.05) is 42.6 Å². The van der Waals surface area contributed by atoms with Gasteiger partial charge < -0.3 is 5.73 Å². The Bertz CT molecular complexity index is 1220. The Hall–Kier alpha value is -2.19. The highest BCUT2D eigenvalue weighted by molar-refractivity contribution is 7.21. The lowest BCUT2D eigenvalue weighted by molar-refractivity contribution is 0.103. The Morgan fingerprint density at radius 1 is 1.17 bits per heavy atom. The summed E-state index contributed by atoms with van der Waals surface area (Å²) < 4.78 is 0. The molecule has 29 heavy (non-hydrogen) atoms. The number of fused-ring (bicyclic) bond motifs is 1. The van der Waals surface area contributed by atoms with Gasteiger partial charge in [-0.25, -0.2) is 9.97 Å². The molecule has 4 rings (SSSR count). The largest absolute Gasteiger partial charge is 0.397 e. The minimum absolute atomic E-state index is 0.294. The highest BCUT2D eigenvalue weighted by atomic mass is 35.5. The second-order valence-electron chi connectivity index (χ2n) is 6.37. The van der Waals surface area contributed by atoms with E-state index in [-0.39, 0.29) is 5.91 Å². The summed E-state index contributed by atoms with van der Waals surface area (Å²) >= 11 is 14.7. The number of halogens is 2. The smallest absolute Gasteiger partial charge is 0.269 e. The van der Waals surface area contributed by atoms with Crippen molar-refractivity contribution in [3.63, 3.8) is 0 Å². The first-order chi connectivity index (χ1) is 14.0. The first kappa shape index (κ1) is 20.1. The molecule has 3 N–H and O–H groups in total. The van der Waals surface area contributed by atoms with Crippen LogP contribution in [0.1, 0.15) is 28.7 Å². The molecular formula is C20H16Cl2N4OS2. The van der Waals surface area contributed by atoms with Gasteiger partial charge >= 0.3 is 0 Å². The molecule has 0 aliphatic carbocycles. The number of nitrogens with zero attached hydrogens (tertiary/aromatic N) is 2. The maximum Gasteiger partial charge on any atom is 0.269 e. The van der Waals surface area contributed by atoms with Gasteiger partial charge in [-0.3, -0.25) is 10.1 Å². The predicted octanol–water partition coefficient (Wildman–Crippen LogP) is 6.51. The van der Waals surface area contributed by atoms with Crippen molar-refractivity contribution in [3.05, 3.63) is 56.3 Å². The average molecular weight is 463 g/mol. The molecule has 0 aliphatic rings. The number of aromatic nitrogens is 2. The number of rotatable bonds is 5. The third kappa shape index (κ3) is 4.09. The van der Waals surface area contributed by atoms with Crippen LogP contribution in [-0.2, 0) is 6.42 Å². The van der Waals surface area contributed by atoms with Gasteiger partial charge in [0.15, 0.2) is 5.13 Å². The molecule has 3 heterocycles. The molecule has 0 aliphatic heterocycles. The highest BCUT2D eigenvalue weighted by Crippen LogP contribution is 2.34. The predicted molar refractivity (Wildman–Crippen MR) is 124 cm³/mol. The van der Waals surface area contributed by atoms with Gasteiger partial charge in [0.05, 0.1) is 21.4 Å². The Morgan fingerprint density at radius 3 is 2.76 bits per heavy atom. The topological polar surface area (TPSA) is 80.9 Å². The minimum Gasteiger partial charge on any atom is -0.397 e. The van der Waals surface area contributed by atoms with E-state index in [2.05, 4.69) is 22.2 Å². The van der Waals surface area contributed by atoms with Gasteiger partial charge in [-0.15, -0.1) is 22.7 Å². The SMILES string of the molecule is CCCc1ccc2c(N)c(C(=O)Nc3nc(-c4ccc(Cl)c(Cl)c4)cs3)sc2n1. The summed E-state index contributed by atoms with van der Waals surface area (Å²) in [6, 6.07) is 9.18. The molecule has 0 saturated heterocycles. The molecule has 4 aromatic rings. The normalized spacial score (nSPS) is 11.1. The lowest BCUT2D eigenvalue weighted by atomic mass is 10.2. The van der Waals surface area contributed by atoms with Crippen molar-refractivity contribution < 1.29 is 4.79 Å². The van der Waals surface area contributed by atoms with Crippen molar-refractivity contribution in [2.75, 3.05) is 11.1 Å². The van der Waals surface area contributed by atoms with E-state index in [4.69, 9.17) is 28.9 Å². The third-order valence-corrected chi connectivity index (χ3v) is 6.91. The average Bonchev–Trinajstić information content (AvgIpc) is 3.29. The maximum absolute atomic E-state index is 12.8.